The number of hydrogen-bond donors (Lipinski definition) is 1. The first-order valence-electron chi connectivity index (χ1n) is 6.20. The van der Waals surface area contributed by atoms with Crippen molar-refractivity contribution in [3.63, 3.8) is 0 Å². The van der Waals surface area contributed by atoms with E-state index in [9.17, 15) is 0 Å². The zero-order valence-electron chi connectivity index (χ0n) is 10.3. The minimum atomic E-state index is -0.137. The van der Waals surface area contributed by atoms with Crippen molar-refractivity contribution < 1.29 is 4.74 Å². The van der Waals surface area contributed by atoms with Crippen LogP contribution in [0, 0.1) is 0 Å². The van der Waals surface area contributed by atoms with Crippen LogP contribution in [0.5, 0.6) is 5.75 Å². The lowest BCUT2D eigenvalue weighted by Gasteiger charge is -2.14. The maximum Gasteiger partial charge on any atom is 0.125 e. The van der Waals surface area contributed by atoms with E-state index in [-0.39, 0.29) is 6.04 Å². The van der Waals surface area contributed by atoms with E-state index in [1.54, 1.807) is 12.4 Å². The summed E-state index contributed by atoms with van der Waals surface area (Å²) < 4.78 is 5.68. The van der Waals surface area contributed by atoms with Crippen LogP contribution in [0.4, 0.5) is 0 Å². The van der Waals surface area contributed by atoms with Gasteiger partial charge < -0.3 is 10.5 Å². The fraction of sp³-hybridized carbons (Fsp3) is 0.286. The SMILES string of the molecule is NC(Cc1cc(Cl)cc2c1OCC2)c1ccnnc1. The summed E-state index contributed by atoms with van der Waals surface area (Å²) in [5.74, 6) is 0.946. The summed E-state index contributed by atoms with van der Waals surface area (Å²) in [6.45, 7) is 0.717. The first-order valence-corrected chi connectivity index (χ1v) is 6.58. The number of hydrogen-bond acceptors (Lipinski definition) is 4. The maximum absolute atomic E-state index is 6.20. The molecule has 5 heteroatoms. The Kier molecular flexibility index (Phi) is 3.36. The van der Waals surface area contributed by atoms with Crippen molar-refractivity contribution >= 4 is 11.6 Å². The standard InChI is InChI=1S/C14H14ClN3O/c15-12-5-9-2-4-19-14(9)11(6-12)7-13(16)10-1-3-17-18-8-10/h1,3,5-6,8,13H,2,4,7,16H2. The van der Waals surface area contributed by atoms with Gasteiger partial charge in [0.05, 0.1) is 12.8 Å². The minimum absolute atomic E-state index is 0.137. The Hall–Kier alpha value is -1.65. The van der Waals surface area contributed by atoms with Crippen LogP contribution in [0.3, 0.4) is 0 Å². The molecule has 1 aliphatic rings. The number of rotatable bonds is 3. The zero-order chi connectivity index (χ0) is 13.2. The first kappa shape index (κ1) is 12.4. The molecule has 0 aliphatic carbocycles. The molecule has 0 bridgehead atoms. The van der Waals surface area contributed by atoms with Crippen LogP contribution in [0.25, 0.3) is 0 Å². The molecule has 98 valence electrons. The van der Waals surface area contributed by atoms with Crippen molar-refractivity contribution in [2.75, 3.05) is 6.61 Å². The molecule has 2 heterocycles. The molecule has 19 heavy (non-hydrogen) atoms. The predicted octanol–water partition coefficient (Wildman–Crippen LogP) is 2.31. The molecular formula is C14H14ClN3O. The average Bonchev–Trinajstić information content (AvgIpc) is 2.88. The molecule has 0 spiro atoms. The van der Waals surface area contributed by atoms with Gasteiger partial charge in [-0.25, -0.2) is 0 Å². The normalized spacial score (nSPS) is 14.8. The predicted molar refractivity (Wildman–Crippen MR) is 73.3 cm³/mol. The van der Waals surface area contributed by atoms with E-state index in [2.05, 4.69) is 10.2 Å². The number of fused-ring (bicyclic) bond motifs is 1. The summed E-state index contributed by atoms with van der Waals surface area (Å²) in [7, 11) is 0. The smallest absolute Gasteiger partial charge is 0.125 e. The van der Waals surface area contributed by atoms with Crippen LogP contribution < -0.4 is 10.5 Å². The summed E-state index contributed by atoms with van der Waals surface area (Å²) in [6, 6.07) is 5.64. The van der Waals surface area contributed by atoms with Crippen molar-refractivity contribution in [1.82, 2.24) is 10.2 Å². The third-order valence-corrected chi connectivity index (χ3v) is 3.52. The number of aromatic nitrogens is 2. The van der Waals surface area contributed by atoms with Crippen molar-refractivity contribution in [3.05, 3.63) is 52.3 Å². The lowest BCUT2D eigenvalue weighted by molar-refractivity contribution is 0.352. The van der Waals surface area contributed by atoms with Crippen LogP contribution in [-0.2, 0) is 12.8 Å². The number of ether oxygens (including phenoxy) is 1. The van der Waals surface area contributed by atoms with E-state index in [4.69, 9.17) is 22.1 Å². The lowest BCUT2D eigenvalue weighted by atomic mass is 9.98. The second kappa shape index (κ2) is 5.15. The summed E-state index contributed by atoms with van der Waals surface area (Å²) >= 11 is 6.14. The molecule has 4 nitrogen and oxygen atoms in total. The molecule has 0 radical (unpaired) electrons. The second-order valence-electron chi connectivity index (χ2n) is 4.64. The van der Waals surface area contributed by atoms with Crippen molar-refractivity contribution in [2.24, 2.45) is 5.73 Å². The topological polar surface area (TPSA) is 61.0 Å². The highest BCUT2D eigenvalue weighted by Gasteiger charge is 2.19. The molecule has 0 amide bonds. The van der Waals surface area contributed by atoms with Gasteiger partial charge >= 0.3 is 0 Å². The Balaban J connectivity index is 1.88. The van der Waals surface area contributed by atoms with Gasteiger partial charge in [0.1, 0.15) is 5.75 Å². The number of nitrogens with zero attached hydrogens (tertiary/aromatic N) is 2. The molecule has 0 fully saturated rings. The van der Waals surface area contributed by atoms with Crippen LogP contribution in [0.15, 0.2) is 30.6 Å². The van der Waals surface area contributed by atoms with Crippen LogP contribution in [0.1, 0.15) is 22.7 Å². The molecule has 1 unspecified atom stereocenters. The van der Waals surface area contributed by atoms with Gasteiger partial charge in [-0.2, -0.15) is 10.2 Å². The van der Waals surface area contributed by atoms with Gasteiger partial charge in [0.25, 0.3) is 0 Å². The molecular weight excluding hydrogens is 262 g/mol. The van der Waals surface area contributed by atoms with Crippen molar-refractivity contribution in [1.29, 1.82) is 0 Å². The average molecular weight is 276 g/mol. The monoisotopic (exact) mass is 275 g/mol. The minimum Gasteiger partial charge on any atom is -0.493 e. The molecule has 1 aromatic heterocycles. The Morgan fingerprint density at radius 1 is 1.37 bits per heavy atom. The van der Waals surface area contributed by atoms with E-state index >= 15 is 0 Å². The van der Waals surface area contributed by atoms with Crippen LogP contribution in [-0.4, -0.2) is 16.8 Å². The fourth-order valence-electron chi connectivity index (χ4n) is 2.37. The molecule has 0 saturated heterocycles. The van der Waals surface area contributed by atoms with Gasteiger partial charge in [-0.15, -0.1) is 0 Å². The van der Waals surface area contributed by atoms with Gasteiger partial charge in [0.2, 0.25) is 0 Å². The molecule has 0 saturated carbocycles. The van der Waals surface area contributed by atoms with Crippen LogP contribution in [0.2, 0.25) is 5.02 Å². The summed E-state index contributed by atoms with van der Waals surface area (Å²) in [6.07, 6.45) is 4.92. The number of benzene rings is 1. The second-order valence-corrected chi connectivity index (χ2v) is 5.07. The highest BCUT2D eigenvalue weighted by atomic mass is 35.5. The van der Waals surface area contributed by atoms with Gasteiger partial charge in [-0.3, -0.25) is 0 Å². The van der Waals surface area contributed by atoms with E-state index in [1.807, 2.05) is 18.2 Å². The molecule has 3 rings (SSSR count). The molecule has 1 aliphatic heterocycles. The number of halogens is 1. The van der Waals surface area contributed by atoms with Gasteiger partial charge in [0, 0.05) is 23.7 Å². The molecule has 1 aromatic carbocycles. The lowest BCUT2D eigenvalue weighted by Crippen LogP contribution is -2.14. The van der Waals surface area contributed by atoms with E-state index in [1.165, 1.54) is 5.56 Å². The number of nitrogens with two attached hydrogens (primary N) is 1. The van der Waals surface area contributed by atoms with Crippen molar-refractivity contribution in [3.8, 4) is 5.75 Å². The van der Waals surface area contributed by atoms with Crippen molar-refractivity contribution in [2.45, 2.75) is 18.9 Å². The highest BCUT2D eigenvalue weighted by molar-refractivity contribution is 6.30. The molecule has 2 aromatic rings. The summed E-state index contributed by atoms with van der Waals surface area (Å²) in [5, 5.41) is 8.34. The molecule has 2 N–H and O–H groups in total. The van der Waals surface area contributed by atoms with Gasteiger partial charge in [-0.05, 0) is 41.3 Å². The van der Waals surface area contributed by atoms with E-state index < -0.39 is 0 Å². The first-order chi connectivity index (χ1) is 9.24. The Morgan fingerprint density at radius 3 is 3.05 bits per heavy atom. The van der Waals surface area contributed by atoms with Gasteiger partial charge in [0.15, 0.2) is 0 Å². The Labute approximate surface area is 116 Å². The zero-order valence-corrected chi connectivity index (χ0v) is 11.1. The third kappa shape index (κ3) is 2.55. The Bertz CT molecular complexity index is 589. The summed E-state index contributed by atoms with van der Waals surface area (Å²) in [4.78, 5) is 0. The largest absolute Gasteiger partial charge is 0.493 e. The molecule has 1 atom stereocenters. The van der Waals surface area contributed by atoms with E-state index in [0.29, 0.717) is 13.0 Å². The van der Waals surface area contributed by atoms with Gasteiger partial charge in [-0.1, -0.05) is 11.6 Å². The Morgan fingerprint density at radius 2 is 2.26 bits per heavy atom. The fourth-order valence-corrected chi connectivity index (χ4v) is 2.64. The van der Waals surface area contributed by atoms with Crippen LogP contribution >= 0.6 is 11.6 Å². The van der Waals surface area contributed by atoms with E-state index in [0.717, 1.165) is 28.3 Å². The summed E-state index contributed by atoms with van der Waals surface area (Å²) in [5.41, 5.74) is 9.39. The quantitative estimate of drug-likeness (QED) is 0.934. The third-order valence-electron chi connectivity index (χ3n) is 3.30. The highest BCUT2D eigenvalue weighted by Crippen LogP contribution is 2.34. The maximum atomic E-state index is 6.20.